The van der Waals surface area contributed by atoms with Crippen molar-refractivity contribution in [3.8, 4) is 0 Å². The fourth-order valence-corrected chi connectivity index (χ4v) is 3.58. The molecule has 2 aliphatic rings. The van der Waals surface area contributed by atoms with Gasteiger partial charge in [-0.3, -0.25) is 9.59 Å². The van der Waals surface area contributed by atoms with Crippen molar-refractivity contribution >= 4 is 17.5 Å². The van der Waals surface area contributed by atoms with Gasteiger partial charge in [0.15, 0.2) is 0 Å². The van der Waals surface area contributed by atoms with Gasteiger partial charge >= 0.3 is 0 Å². The second kappa shape index (κ2) is 6.36. The number of hydrogen-bond donors (Lipinski definition) is 2. The third-order valence-electron chi connectivity index (χ3n) is 5.14. The Labute approximate surface area is 147 Å². The van der Waals surface area contributed by atoms with Crippen molar-refractivity contribution in [2.45, 2.75) is 38.1 Å². The zero-order valence-corrected chi connectivity index (χ0v) is 14.3. The predicted octanol–water partition coefficient (Wildman–Crippen LogP) is 3.69. The molecule has 2 unspecified atom stereocenters. The molecule has 0 spiro atoms. The van der Waals surface area contributed by atoms with Crippen LogP contribution in [0.25, 0.3) is 0 Å². The van der Waals surface area contributed by atoms with E-state index < -0.39 is 5.92 Å². The van der Waals surface area contributed by atoms with Crippen LogP contribution in [0.4, 0.5) is 5.69 Å². The van der Waals surface area contributed by atoms with Crippen LogP contribution in [-0.4, -0.2) is 11.8 Å². The Hall–Kier alpha value is -2.62. The zero-order chi connectivity index (χ0) is 17.4. The maximum absolute atomic E-state index is 13.0. The first-order valence-corrected chi connectivity index (χ1v) is 8.87. The monoisotopic (exact) mass is 334 g/mol. The lowest BCUT2D eigenvalue weighted by molar-refractivity contribution is -0.127. The maximum Gasteiger partial charge on any atom is 0.228 e. The molecule has 1 fully saturated rings. The van der Waals surface area contributed by atoms with E-state index in [1.807, 2.05) is 24.3 Å². The van der Waals surface area contributed by atoms with Gasteiger partial charge in [-0.05, 0) is 42.9 Å². The van der Waals surface area contributed by atoms with E-state index in [9.17, 15) is 9.59 Å². The summed E-state index contributed by atoms with van der Waals surface area (Å²) >= 11 is 0. The number of carbonyl (C=O) groups is 2. The number of amides is 2. The van der Waals surface area contributed by atoms with E-state index in [1.54, 1.807) is 0 Å². The van der Waals surface area contributed by atoms with Crippen molar-refractivity contribution in [1.82, 2.24) is 5.32 Å². The van der Waals surface area contributed by atoms with Crippen molar-refractivity contribution in [3.05, 3.63) is 65.2 Å². The smallest absolute Gasteiger partial charge is 0.228 e. The molecule has 1 saturated carbocycles. The first-order valence-electron chi connectivity index (χ1n) is 8.87. The molecule has 25 heavy (non-hydrogen) atoms. The van der Waals surface area contributed by atoms with Gasteiger partial charge in [0.2, 0.25) is 11.8 Å². The molecule has 1 aliphatic heterocycles. The molecule has 4 rings (SSSR count). The molecule has 2 atom stereocenters. The van der Waals surface area contributed by atoms with Gasteiger partial charge in [-0.2, -0.15) is 0 Å². The van der Waals surface area contributed by atoms with Crippen LogP contribution in [0.15, 0.2) is 48.5 Å². The van der Waals surface area contributed by atoms with Gasteiger partial charge in [0.25, 0.3) is 0 Å². The van der Waals surface area contributed by atoms with Crippen LogP contribution in [0.2, 0.25) is 0 Å². The lowest BCUT2D eigenvalue weighted by atomic mass is 9.89. The van der Waals surface area contributed by atoms with Crippen molar-refractivity contribution in [2.75, 3.05) is 5.32 Å². The third-order valence-corrected chi connectivity index (χ3v) is 5.14. The van der Waals surface area contributed by atoms with Gasteiger partial charge in [-0.1, -0.05) is 48.0 Å². The van der Waals surface area contributed by atoms with E-state index >= 15 is 0 Å². The second-order valence-corrected chi connectivity index (χ2v) is 7.13. The fraction of sp³-hybridized carbons (Fsp3) is 0.333. The molecule has 2 amide bonds. The van der Waals surface area contributed by atoms with E-state index in [-0.39, 0.29) is 24.3 Å². The number of hydrogen-bond acceptors (Lipinski definition) is 2. The van der Waals surface area contributed by atoms with Crippen LogP contribution in [0.5, 0.6) is 0 Å². The molecule has 2 aromatic rings. The SMILES string of the molecule is Cc1ccc(C(NC(=O)C2CC(=O)Nc3ccccc32)C2CC2)cc1. The highest BCUT2D eigenvalue weighted by molar-refractivity contribution is 6.01. The molecule has 2 N–H and O–H groups in total. The van der Waals surface area contributed by atoms with E-state index in [1.165, 1.54) is 5.56 Å². The predicted molar refractivity (Wildman–Crippen MR) is 97.2 cm³/mol. The molecule has 4 heteroatoms. The van der Waals surface area contributed by atoms with Crippen LogP contribution < -0.4 is 10.6 Å². The molecule has 0 radical (unpaired) electrons. The Balaban J connectivity index is 1.58. The summed E-state index contributed by atoms with van der Waals surface area (Å²) < 4.78 is 0. The third kappa shape index (κ3) is 3.29. The summed E-state index contributed by atoms with van der Waals surface area (Å²) in [6.07, 6.45) is 2.48. The van der Waals surface area contributed by atoms with Crippen molar-refractivity contribution in [1.29, 1.82) is 0 Å². The second-order valence-electron chi connectivity index (χ2n) is 7.13. The van der Waals surface area contributed by atoms with Crippen LogP contribution >= 0.6 is 0 Å². The summed E-state index contributed by atoms with van der Waals surface area (Å²) in [5.74, 6) is -0.0760. The van der Waals surface area contributed by atoms with Gasteiger partial charge in [0, 0.05) is 12.1 Å². The largest absolute Gasteiger partial charge is 0.348 e. The Morgan fingerprint density at radius 2 is 1.84 bits per heavy atom. The molecule has 0 saturated heterocycles. The highest BCUT2D eigenvalue weighted by atomic mass is 16.2. The highest BCUT2D eigenvalue weighted by Gasteiger charge is 2.37. The molecule has 0 aromatic heterocycles. The number of nitrogens with one attached hydrogen (secondary N) is 2. The molecule has 4 nitrogen and oxygen atoms in total. The molecule has 128 valence electrons. The van der Waals surface area contributed by atoms with Crippen molar-refractivity contribution in [2.24, 2.45) is 5.92 Å². The molecular formula is C21H22N2O2. The number of para-hydroxylation sites is 1. The minimum atomic E-state index is -0.420. The summed E-state index contributed by atoms with van der Waals surface area (Å²) in [5.41, 5.74) is 4.01. The zero-order valence-electron chi connectivity index (χ0n) is 14.3. The average molecular weight is 334 g/mol. The van der Waals surface area contributed by atoms with Crippen LogP contribution in [-0.2, 0) is 9.59 Å². The van der Waals surface area contributed by atoms with Crippen LogP contribution in [0.3, 0.4) is 0 Å². The first-order chi connectivity index (χ1) is 12.1. The molecule has 2 aromatic carbocycles. The number of anilines is 1. The van der Waals surface area contributed by atoms with Crippen molar-refractivity contribution < 1.29 is 9.59 Å². The van der Waals surface area contributed by atoms with Crippen LogP contribution in [0.1, 0.15) is 47.9 Å². The average Bonchev–Trinajstić information content (AvgIpc) is 3.44. The normalized spacial score (nSPS) is 20.4. The Morgan fingerprint density at radius 1 is 1.12 bits per heavy atom. The summed E-state index contributed by atoms with van der Waals surface area (Å²) in [6.45, 7) is 2.06. The minimum absolute atomic E-state index is 0.0326. The Kier molecular flexibility index (Phi) is 4.04. The topological polar surface area (TPSA) is 58.2 Å². The van der Waals surface area contributed by atoms with Gasteiger partial charge in [0.1, 0.15) is 0 Å². The highest BCUT2D eigenvalue weighted by Crippen LogP contribution is 2.42. The van der Waals surface area contributed by atoms with Crippen LogP contribution in [0, 0.1) is 12.8 Å². The van der Waals surface area contributed by atoms with Gasteiger partial charge in [0.05, 0.1) is 12.0 Å². The van der Waals surface area contributed by atoms with Gasteiger partial charge in [-0.25, -0.2) is 0 Å². The van der Waals surface area contributed by atoms with E-state index in [2.05, 4.69) is 41.8 Å². The van der Waals surface area contributed by atoms with E-state index in [0.29, 0.717) is 5.92 Å². The first kappa shape index (κ1) is 15.9. The summed E-state index contributed by atoms with van der Waals surface area (Å²) in [6, 6.07) is 16.0. The number of fused-ring (bicyclic) bond motifs is 1. The Bertz CT molecular complexity index is 809. The number of rotatable bonds is 4. The summed E-state index contributed by atoms with van der Waals surface area (Å²) in [5, 5.41) is 6.08. The fourth-order valence-electron chi connectivity index (χ4n) is 3.58. The molecule has 1 aliphatic carbocycles. The standard InChI is InChI=1S/C21H22N2O2/c1-13-6-8-14(9-7-13)20(15-10-11-15)23-21(25)17-12-19(24)22-18-5-3-2-4-16(17)18/h2-9,15,17,20H,10-12H2,1H3,(H,22,24)(H,23,25). The number of aryl methyl sites for hydroxylation is 1. The quantitative estimate of drug-likeness (QED) is 0.896. The maximum atomic E-state index is 13.0. The molecule has 0 bridgehead atoms. The summed E-state index contributed by atoms with van der Waals surface area (Å²) in [4.78, 5) is 25.0. The van der Waals surface area contributed by atoms with E-state index in [4.69, 9.17) is 0 Å². The minimum Gasteiger partial charge on any atom is -0.348 e. The van der Waals surface area contributed by atoms with Gasteiger partial charge < -0.3 is 10.6 Å². The summed E-state index contributed by atoms with van der Waals surface area (Å²) in [7, 11) is 0. The van der Waals surface area contributed by atoms with E-state index in [0.717, 1.165) is 29.7 Å². The van der Waals surface area contributed by atoms with Gasteiger partial charge in [-0.15, -0.1) is 0 Å². The number of benzene rings is 2. The lowest BCUT2D eigenvalue weighted by Crippen LogP contribution is -2.37. The molecule has 1 heterocycles. The molecular weight excluding hydrogens is 312 g/mol. The lowest BCUT2D eigenvalue weighted by Gasteiger charge is -2.27. The number of carbonyl (C=O) groups excluding carboxylic acids is 2. The Morgan fingerprint density at radius 3 is 2.56 bits per heavy atom. The van der Waals surface area contributed by atoms with Crippen molar-refractivity contribution in [3.63, 3.8) is 0 Å².